The van der Waals surface area contributed by atoms with E-state index < -0.39 is 0 Å². The first-order valence-corrected chi connectivity index (χ1v) is 8.62. The molecule has 128 valence electrons. The molecule has 1 fully saturated rings. The van der Waals surface area contributed by atoms with E-state index >= 15 is 0 Å². The first kappa shape index (κ1) is 15.6. The van der Waals surface area contributed by atoms with E-state index in [0.29, 0.717) is 18.3 Å². The minimum Gasteiger partial charge on any atom is -0.334 e. The van der Waals surface area contributed by atoms with E-state index in [1.54, 1.807) is 12.4 Å². The molecule has 1 aromatic carbocycles. The van der Waals surface area contributed by atoms with Crippen molar-refractivity contribution in [1.29, 1.82) is 0 Å². The van der Waals surface area contributed by atoms with Gasteiger partial charge in [0.1, 0.15) is 0 Å². The molecule has 0 saturated heterocycles. The highest BCUT2D eigenvalue weighted by atomic mass is 16.2. The molecule has 2 heterocycles. The fraction of sp³-hybridized carbons (Fsp3) is 0.316. The van der Waals surface area contributed by atoms with Gasteiger partial charge in [0.25, 0.3) is 0 Å². The van der Waals surface area contributed by atoms with Crippen molar-refractivity contribution < 1.29 is 4.79 Å². The highest BCUT2D eigenvalue weighted by molar-refractivity contribution is 5.89. The molecule has 3 aromatic rings. The standard InChI is InChI=1S/C19H21N5O/c1-13(15-5-6-15)24-12-17(11-22-24)23-19(25)21-10-14-4-7-18-16(9-14)3-2-8-20-18/h2-4,7-9,11-13,15H,5-6,10H2,1H3,(H2,21,23,25)/t13-/m0/s1. The number of fused-ring (bicyclic) bond motifs is 1. The molecular formula is C19H21N5O. The Morgan fingerprint density at radius 2 is 2.24 bits per heavy atom. The number of urea groups is 1. The zero-order valence-corrected chi connectivity index (χ0v) is 14.1. The Kier molecular flexibility index (Phi) is 4.09. The van der Waals surface area contributed by atoms with Crippen LogP contribution in [0.2, 0.25) is 0 Å². The third-order valence-corrected chi connectivity index (χ3v) is 4.70. The number of benzene rings is 1. The molecule has 2 N–H and O–H groups in total. The lowest BCUT2D eigenvalue weighted by Crippen LogP contribution is -2.28. The largest absolute Gasteiger partial charge is 0.334 e. The molecule has 1 atom stereocenters. The molecule has 1 saturated carbocycles. The summed E-state index contributed by atoms with van der Waals surface area (Å²) in [5, 5.41) is 11.1. The lowest BCUT2D eigenvalue weighted by Gasteiger charge is -2.10. The van der Waals surface area contributed by atoms with Crippen LogP contribution in [0, 0.1) is 5.92 Å². The predicted molar refractivity (Wildman–Crippen MR) is 97.3 cm³/mol. The molecule has 6 heteroatoms. The van der Waals surface area contributed by atoms with Gasteiger partial charge in [-0.3, -0.25) is 9.67 Å². The Bertz CT molecular complexity index is 899. The number of hydrogen-bond acceptors (Lipinski definition) is 3. The number of carbonyl (C=O) groups excluding carboxylic acids is 1. The van der Waals surface area contributed by atoms with Crippen LogP contribution in [0.3, 0.4) is 0 Å². The van der Waals surface area contributed by atoms with Gasteiger partial charge in [-0.15, -0.1) is 0 Å². The molecule has 4 rings (SSSR count). The number of nitrogens with one attached hydrogen (secondary N) is 2. The van der Waals surface area contributed by atoms with Crippen molar-refractivity contribution in [2.75, 3.05) is 5.32 Å². The Balaban J connectivity index is 1.33. The summed E-state index contributed by atoms with van der Waals surface area (Å²) >= 11 is 0. The van der Waals surface area contributed by atoms with E-state index in [4.69, 9.17) is 0 Å². The molecule has 1 aliphatic carbocycles. The monoisotopic (exact) mass is 335 g/mol. The second kappa shape index (κ2) is 6.55. The number of aromatic nitrogens is 3. The van der Waals surface area contributed by atoms with Gasteiger partial charge in [-0.2, -0.15) is 5.10 Å². The molecule has 0 radical (unpaired) electrons. The maximum atomic E-state index is 12.1. The summed E-state index contributed by atoms with van der Waals surface area (Å²) in [5.74, 6) is 0.726. The highest BCUT2D eigenvalue weighted by Crippen LogP contribution is 2.39. The van der Waals surface area contributed by atoms with Crippen LogP contribution in [0.4, 0.5) is 10.5 Å². The molecule has 0 spiro atoms. The number of nitrogens with zero attached hydrogens (tertiary/aromatic N) is 3. The van der Waals surface area contributed by atoms with Crippen LogP contribution in [-0.4, -0.2) is 20.8 Å². The fourth-order valence-electron chi connectivity index (χ4n) is 3.01. The van der Waals surface area contributed by atoms with Crippen LogP contribution >= 0.6 is 0 Å². The van der Waals surface area contributed by atoms with Crippen LogP contribution < -0.4 is 10.6 Å². The summed E-state index contributed by atoms with van der Waals surface area (Å²) in [7, 11) is 0. The molecule has 0 bridgehead atoms. The second-order valence-corrected chi connectivity index (χ2v) is 6.63. The zero-order chi connectivity index (χ0) is 17.2. The van der Waals surface area contributed by atoms with Crippen molar-refractivity contribution in [3.8, 4) is 0 Å². The van der Waals surface area contributed by atoms with Gasteiger partial charge < -0.3 is 10.6 Å². The SMILES string of the molecule is C[C@@H](C1CC1)n1cc(NC(=O)NCc2ccc3ncccc3c2)cn1. The highest BCUT2D eigenvalue weighted by Gasteiger charge is 2.29. The maximum Gasteiger partial charge on any atom is 0.319 e. The van der Waals surface area contributed by atoms with Crippen LogP contribution in [0.25, 0.3) is 10.9 Å². The molecule has 25 heavy (non-hydrogen) atoms. The number of pyridine rings is 1. The summed E-state index contributed by atoms with van der Waals surface area (Å²) in [6.07, 6.45) is 7.90. The van der Waals surface area contributed by atoms with Gasteiger partial charge in [-0.1, -0.05) is 12.1 Å². The summed E-state index contributed by atoms with van der Waals surface area (Å²) in [6.45, 7) is 2.63. The fourth-order valence-corrected chi connectivity index (χ4v) is 3.01. The van der Waals surface area contributed by atoms with Gasteiger partial charge in [0, 0.05) is 24.3 Å². The van der Waals surface area contributed by atoms with Crippen LogP contribution in [0.15, 0.2) is 48.9 Å². The average molecular weight is 335 g/mol. The summed E-state index contributed by atoms with van der Waals surface area (Å²) in [6, 6.07) is 10.1. The summed E-state index contributed by atoms with van der Waals surface area (Å²) < 4.78 is 1.93. The lowest BCUT2D eigenvalue weighted by molar-refractivity contribution is 0.251. The Labute approximate surface area is 146 Å². The van der Waals surface area contributed by atoms with E-state index in [2.05, 4.69) is 27.6 Å². The normalized spacial score (nSPS) is 15.1. The zero-order valence-electron chi connectivity index (χ0n) is 14.1. The van der Waals surface area contributed by atoms with E-state index in [1.807, 2.05) is 41.2 Å². The number of hydrogen-bond donors (Lipinski definition) is 2. The molecule has 6 nitrogen and oxygen atoms in total. The Hall–Kier alpha value is -2.89. The van der Waals surface area contributed by atoms with Gasteiger partial charge in [0.15, 0.2) is 0 Å². The van der Waals surface area contributed by atoms with Gasteiger partial charge in [-0.25, -0.2) is 4.79 Å². The van der Waals surface area contributed by atoms with E-state index in [-0.39, 0.29) is 6.03 Å². The molecule has 1 aliphatic rings. The van der Waals surface area contributed by atoms with Gasteiger partial charge in [0.2, 0.25) is 0 Å². The van der Waals surface area contributed by atoms with Gasteiger partial charge in [0.05, 0.1) is 23.4 Å². The van der Waals surface area contributed by atoms with E-state index in [1.165, 1.54) is 12.8 Å². The van der Waals surface area contributed by atoms with Crippen molar-refractivity contribution in [2.24, 2.45) is 5.92 Å². The van der Waals surface area contributed by atoms with Crippen LogP contribution in [0.5, 0.6) is 0 Å². The third kappa shape index (κ3) is 3.63. The van der Waals surface area contributed by atoms with E-state index in [9.17, 15) is 4.79 Å². The molecule has 2 aromatic heterocycles. The maximum absolute atomic E-state index is 12.1. The topological polar surface area (TPSA) is 71.8 Å². The van der Waals surface area contributed by atoms with Crippen molar-refractivity contribution in [1.82, 2.24) is 20.1 Å². The smallest absolute Gasteiger partial charge is 0.319 e. The van der Waals surface area contributed by atoms with Crippen molar-refractivity contribution >= 4 is 22.6 Å². The van der Waals surface area contributed by atoms with Gasteiger partial charge in [-0.05, 0) is 49.4 Å². The molecular weight excluding hydrogens is 314 g/mol. The predicted octanol–water partition coefficient (Wildman–Crippen LogP) is 3.72. The van der Waals surface area contributed by atoms with Gasteiger partial charge >= 0.3 is 6.03 Å². The summed E-state index contributed by atoms with van der Waals surface area (Å²) in [4.78, 5) is 16.4. The molecule has 2 amide bonds. The minimum atomic E-state index is -0.232. The van der Waals surface area contributed by atoms with Crippen LogP contribution in [0.1, 0.15) is 31.4 Å². The quantitative estimate of drug-likeness (QED) is 0.746. The molecule has 0 aliphatic heterocycles. The van der Waals surface area contributed by atoms with Crippen molar-refractivity contribution in [2.45, 2.75) is 32.4 Å². The summed E-state index contributed by atoms with van der Waals surface area (Å²) in [5.41, 5.74) is 2.70. The Morgan fingerprint density at radius 1 is 1.36 bits per heavy atom. The Morgan fingerprint density at radius 3 is 3.08 bits per heavy atom. The first-order chi connectivity index (χ1) is 12.2. The first-order valence-electron chi connectivity index (χ1n) is 8.62. The molecule has 0 unspecified atom stereocenters. The van der Waals surface area contributed by atoms with Crippen molar-refractivity contribution in [3.05, 3.63) is 54.5 Å². The minimum absolute atomic E-state index is 0.232. The number of amides is 2. The number of rotatable bonds is 5. The average Bonchev–Trinajstić information content (AvgIpc) is 3.38. The van der Waals surface area contributed by atoms with Crippen molar-refractivity contribution in [3.63, 3.8) is 0 Å². The number of carbonyl (C=O) groups is 1. The third-order valence-electron chi connectivity index (χ3n) is 4.70. The van der Waals surface area contributed by atoms with Crippen LogP contribution in [-0.2, 0) is 6.54 Å². The second-order valence-electron chi connectivity index (χ2n) is 6.63. The lowest BCUT2D eigenvalue weighted by atomic mass is 10.1. The van der Waals surface area contributed by atoms with E-state index in [0.717, 1.165) is 22.4 Å². The number of anilines is 1.